The molecule has 1 rings (SSSR count). The number of methoxy groups -OCH3 is 1. The molecular formula is C12H18ClNO3S. The van der Waals surface area contributed by atoms with Gasteiger partial charge < -0.3 is 10.1 Å². The Bertz CT molecular complexity index is 514. The molecule has 18 heavy (non-hydrogen) atoms. The molecule has 4 nitrogen and oxygen atoms in total. The number of benzene rings is 1. The second kappa shape index (κ2) is 6.29. The van der Waals surface area contributed by atoms with E-state index in [9.17, 15) is 8.42 Å². The molecule has 0 atom stereocenters. The van der Waals surface area contributed by atoms with E-state index >= 15 is 0 Å². The fourth-order valence-electron chi connectivity index (χ4n) is 1.46. The van der Waals surface area contributed by atoms with Gasteiger partial charge in [0.1, 0.15) is 5.75 Å². The van der Waals surface area contributed by atoms with E-state index in [1.54, 1.807) is 20.1 Å². The minimum atomic E-state index is -2.96. The summed E-state index contributed by atoms with van der Waals surface area (Å²) in [7, 11) is -1.41. The van der Waals surface area contributed by atoms with Gasteiger partial charge in [0, 0.05) is 23.4 Å². The number of halogens is 1. The van der Waals surface area contributed by atoms with Crippen LogP contribution >= 0.6 is 11.6 Å². The Morgan fingerprint density at radius 1 is 1.39 bits per heavy atom. The molecule has 0 unspecified atom stereocenters. The van der Waals surface area contributed by atoms with E-state index in [1.807, 2.05) is 13.0 Å². The Balaban J connectivity index is 2.76. The van der Waals surface area contributed by atoms with E-state index in [2.05, 4.69) is 5.32 Å². The third-order valence-corrected chi connectivity index (χ3v) is 4.76. The van der Waals surface area contributed by atoms with Gasteiger partial charge in [0.2, 0.25) is 0 Å². The topological polar surface area (TPSA) is 55.4 Å². The molecule has 0 radical (unpaired) electrons. The monoisotopic (exact) mass is 291 g/mol. The molecule has 0 aromatic heterocycles. The predicted molar refractivity (Wildman–Crippen MR) is 75.6 cm³/mol. The van der Waals surface area contributed by atoms with E-state index in [4.69, 9.17) is 16.3 Å². The van der Waals surface area contributed by atoms with Crippen molar-refractivity contribution in [3.63, 3.8) is 0 Å². The minimum Gasteiger partial charge on any atom is -0.495 e. The first-order valence-corrected chi connectivity index (χ1v) is 7.88. The van der Waals surface area contributed by atoms with Crippen molar-refractivity contribution in [2.24, 2.45) is 0 Å². The second-order valence-corrected chi connectivity index (χ2v) is 6.84. The number of aryl methyl sites for hydroxylation is 1. The highest BCUT2D eigenvalue weighted by molar-refractivity contribution is 7.91. The number of nitrogens with one attached hydrogen (secondary N) is 1. The molecular weight excluding hydrogens is 274 g/mol. The lowest BCUT2D eigenvalue weighted by molar-refractivity contribution is 0.416. The van der Waals surface area contributed by atoms with Crippen LogP contribution in [0.5, 0.6) is 5.75 Å². The van der Waals surface area contributed by atoms with Gasteiger partial charge >= 0.3 is 0 Å². The summed E-state index contributed by atoms with van der Waals surface area (Å²) in [6, 6.07) is 3.56. The predicted octanol–water partition coefficient (Wildman–Crippen LogP) is 2.50. The molecule has 0 aliphatic rings. The Morgan fingerprint density at radius 2 is 2.06 bits per heavy atom. The summed E-state index contributed by atoms with van der Waals surface area (Å²) in [5, 5.41) is 3.68. The zero-order chi connectivity index (χ0) is 13.8. The SMILES string of the molecule is CCS(=O)(=O)CCNc1cc(C)c(Cl)cc1OC. The minimum absolute atomic E-state index is 0.105. The van der Waals surface area contributed by atoms with Crippen LogP contribution in [0.25, 0.3) is 0 Å². The molecule has 0 spiro atoms. The Hall–Kier alpha value is -0.940. The number of rotatable bonds is 6. The van der Waals surface area contributed by atoms with Crippen LogP contribution in [0.15, 0.2) is 12.1 Å². The molecule has 0 bridgehead atoms. The number of ether oxygens (including phenoxy) is 1. The lowest BCUT2D eigenvalue weighted by Gasteiger charge is -2.13. The number of hydrogen-bond acceptors (Lipinski definition) is 4. The van der Waals surface area contributed by atoms with Crippen LogP contribution in [0, 0.1) is 6.92 Å². The molecule has 102 valence electrons. The van der Waals surface area contributed by atoms with Crippen molar-refractivity contribution in [1.82, 2.24) is 0 Å². The van der Waals surface area contributed by atoms with E-state index in [0.717, 1.165) is 11.3 Å². The summed E-state index contributed by atoms with van der Waals surface area (Å²) in [5.41, 5.74) is 1.67. The second-order valence-electron chi connectivity index (χ2n) is 3.96. The average molecular weight is 292 g/mol. The third-order valence-electron chi connectivity index (χ3n) is 2.65. The Kier molecular flexibility index (Phi) is 5.28. The fraction of sp³-hybridized carbons (Fsp3) is 0.500. The van der Waals surface area contributed by atoms with E-state index in [0.29, 0.717) is 17.3 Å². The van der Waals surface area contributed by atoms with E-state index in [-0.39, 0.29) is 11.5 Å². The molecule has 1 N–H and O–H groups in total. The molecule has 0 aliphatic carbocycles. The number of sulfone groups is 1. The van der Waals surface area contributed by atoms with Gasteiger partial charge in [-0.15, -0.1) is 0 Å². The average Bonchev–Trinajstić information content (AvgIpc) is 2.33. The molecule has 1 aromatic rings. The van der Waals surface area contributed by atoms with Crippen LogP contribution in [-0.2, 0) is 9.84 Å². The summed E-state index contributed by atoms with van der Waals surface area (Å²) in [4.78, 5) is 0. The van der Waals surface area contributed by atoms with Crippen LogP contribution in [-0.4, -0.2) is 33.6 Å². The quantitative estimate of drug-likeness (QED) is 0.875. The molecule has 0 heterocycles. The van der Waals surface area contributed by atoms with Gasteiger partial charge in [-0.1, -0.05) is 18.5 Å². The van der Waals surface area contributed by atoms with Crippen molar-refractivity contribution < 1.29 is 13.2 Å². The molecule has 0 amide bonds. The lowest BCUT2D eigenvalue weighted by Crippen LogP contribution is -2.17. The van der Waals surface area contributed by atoms with Crippen LogP contribution < -0.4 is 10.1 Å². The van der Waals surface area contributed by atoms with Crippen molar-refractivity contribution in [2.45, 2.75) is 13.8 Å². The fourth-order valence-corrected chi connectivity index (χ4v) is 2.31. The molecule has 6 heteroatoms. The number of hydrogen-bond donors (Lipinski definition) is 1. The maximum Gasteiger partial charge on any atom is 0.151 e. The highest BCUT2D eigenvalue weighted by atomic mass is 35.5. The first-order chi connectivity index (χ1) is 8.39. The summed E-state index contributed by atoms with van der Waals surface area (Å²) in [5.74, 6) is 0.874. The summed E-state index contributed by atoms with van der Waals surface area (Å²) in [6.07, 6.45) is 0. The molecule has 0 saturated carbocycles. The first-order valence-electron chi connectivity index (χ1n) is 5.68. The van der Waals surface area contributed by atoms with Crippen LogP contribution in [0.2, 0.25) is 5.02 Å². The summed E-state index contributed by atoms with van der Waals surface area (Å²) < 4.78 is 27.9. The maximum absolute atomic E-state index is 11.4. The van der Waals surface area contributed by atoms with Gasteiger partial charge in [0.05, 0.1) is 18.6 Å². The molecule has 0 aliphatic heterocycles. The van der Waals surface area contributed by atoms with E-state index < -0.39 is 9.84 Å². The molecule has 1 aromatic carbocycles. The first kappa shape index (κ1) is 15.1. The van der Waals surface area contributed by atoms with E-state index in [1.165, 1.54) is 0 Å². The normalized spacial score (nSPS) is 11.3. The van der Waals surface area contributed by atoms with Gasteiger partial charge in [-0.2, -0.15) is 0 Å². The van der Waals surface area contributed by atoms with Gasteiger partial charge in [-0.05, 0) is 18.6 Å². The Labute approximate surface area is 113 Å². The summed E-state index contributed by atoms with van der Waals surface area (Å²) >= 11 is 5.99. The van der Waals surface area contributed by atoms with Crippen molar-refractivity contribution in [3.8, 4) is 5.75 Å². The van der Waals surface area contributed by atoms with Gasteiger partial charge in [-0.25, -0.2) is 8.42 Å². The largest absolute Gasteiger partial charge is 0.495 e. The maximum atomic E-state index is 11.4. The van der Waals surface area contributed by atoms with Crippen molar-refractivity contribution in [1.29, 1.82) is 0 Å². The highest BCUT2D eigenvalue weighted by Gasteiger charge is 2.09. The van der Waals surface area contributed by atoms with Crippen LogP contribution in [0.3, 0.4) is 0 Å². The Morgan fingerprint density at radius 3 is 2.61 bits per heavy atom. The highest BCUT2D eigenvalue weighted by Crippen LogP contribution is 2.30. The summed E-state index contributed by atoms with van der Waals surface area (Å²) in [6.45, 7) is 3.88. The van der Waals surface area contributed by atoms with Crippen molar-refractivity contribution in [2.75, 3.05) is 30.5 Å². The van der Waals surface area contributed by atoms with Gasteiger partial charge in [-0.3, -0.25) is 0 Å². The third kappa shape index (κ3) is 4.07. The standard InChI is InChI=1S/C12H18ClNO3S/c1-4-18(15,16)6-5-14-11-7-9(2)10(13)8-12(11)17-3/h7-8,14H,4-6H2,1-3H3. The smallest absolute Gasteiger partial charge is 0.151 e. The van der Waals surface area contributed by atoms with Crippen LogP contribution in [0.1, 0.15) is 12.5 Å². The molecule has 0 fully saturated rings. The lowest BCUT2D eigenvalue weighted by atomic mass is 10.2. The van der Waals surface area contributed by atoms with Crippen LogP contribution in [0.4, 0.5) is 5.69 Å². The van der Waals surface area contributed by atoms with Gasteiger partial charge in [0.15, 0.2) is 9.84 Å². The number of anilines is 1. The zero-order valence-corrected chi connectivity index (χ0v) is 12.4. The van der Waals surface area contributed by atoms with Crippen molar-refractivity contribution in [3.05, 3.63) is 22.7 Å². The molecule has 0 saturated heterocycles. The zero-order valence-electron chi connectivity index (χ0n) is 10.8. The van der Waals surface area contributed by atoms with Crippen molar-refractivity contribution >= 4 is 27.1 Å². The van der Waals surface area contributed by atoms with Gasteiger partial charge in [0.25, 0.3) is 0 Å².